The number of imidazole rings is 1. The molecule has 180 valence electrons. The lowest BCUT2D eigenvalue weighted by Gasteiger charge is -2.19. The second kappa shape index (κ2) is 11.1. The molecule has 1 unspecified atom stereocenters. The van der Waals surface area contributed by atoms with Gasteiger partial charge in [0.05, 0.1) is 17.6 Å². The van der Waals surface area contributed by atoms with Crippen LogP contribution in [0.4, 0.5) is 4.39 Å². The molecule has 1 atom stereocenters. The van der Waals surface area contributed by atoms with Gasteiger partial charge in [-0.25, -0.2) is 9.37 Å². The van der Waals surface area contributed by atoms with Crippen molar-refractivity contribution < 1.29 is 9.18 Å². The summed E-state index contributed by atoms with van der Waals surface area (Å²) in [5.41, 5.74) is 6.95. The van der Waals surface area contributed by atoms with Crippen molar-refractivity contribution >= 4 is 5.91 Å². The molecule has 4 rings (SSSR count). The van der Waals surface area contributed by atoms with E-state index in [1.807, 2.05) is 30.3 Å². The minimum atomic E-state index is -0.263. The third kappa shape index (κ3) is 5.65. The minimum absolute atomic E-state index is 0.252. The Bertz CT molecular complexity index is 1280. The summed E-state index contributed by atoms with van der Waals surface area (Å²) in [6.07, 6.45) is 4.11. The predicted octanol–water partition coefficient (Wildman–Crippen LogP) is 6.33. The molecule has 0 aliphatic rings. The van der Waals surface area contributed by atoms with Gasteiger partial charge in [0.15, 0.2) is 5.82 Å². The highest BCUT2D eigenvalue weighted by Crippen LogP contribution is 2.32. The van der Waals surface area contributed by atoms with Gasteiger partial charge in [0.25, 0.3) is 5.91 Å². The third-order valence-electron chi connectivity index (χ3n) is 6.37. The Kier molecular flexibility index (Phi) is 7.70. The lowest BCUT2D eigenvalue weighted by Crippen LogP contribution is -2.27. The summed E-state index contributed by atoms with van der Waals surface area (Å²) in [6, 6.07) is 18.4. The molecule has 0 radical (unpaired) electrons. The highest BCUT2D eigenvalue weighted by molar-refractivity contribution is 5.91. The molecule has 5 nitrogen and oxygen atoms in total. The number of pyridine rings is 1. The molecule has 2 heterocycles. The van der Waals surface area contributed by atoms with Crippen molar-refractivity contribution in [3.05, 3.63) is 95.3 Å². The van der Waals surface area contributed by atoms with Crippen molar-refractivity contribution in [2.45, 2.75) is 46.0 Å². The van der Waals surface area contributed by atoms with Crippen LogP contribution in [-0.2, 0) is 12.8 Å². The quantitative estimate of drug-likeness (QED) is 0.300. The molecule has 0 saturated carbocycles. The van der Waals surface area contributed by atoms with Gasteiger partial charge in [-0.1, -0.05) is 51.1 Å². The number of hydrogen-bond acceptors (Lipinski definition) is 3. The lowest BCUT2D eigenvalue weighted by molar-refractivity contribution is 0.0944. The number of nitrogens with zero attached hydrogens (tertiary/aromatic N) is 2. The van der Waals surface area contributed by atoms with Crippen LogP contribution in [0.5, 0.6) is 0 Å². The molecular formula is C29H31FN4O. The van der Waals surface area contributed by atoms with Gasteiger partial charge in [0.2, 0.25) is 0 Å². The van der Waals surface area contributed by atoms with Crippen molar-refractivity contribution in [2.75, 3.05) is 6.54 Å². The van der Waals surface area contributed by atoms with E-state index >= 15 is 0 Å². The Morgan fingerprint density at radius 3 is 2.49 bits per heavy atom. The smallest absolute Gasteiger partial charge is 0.287 e. The van der Waals surface area contributed by atoms with Crippen LogP contribution in [0, 0.1) is 5.82 Å². The van der Waals surface area contributed by atoms with Gasteiger partial charge in [-0.15, -0.1) is 0 Å². The van der Waals surface area contributed by atoms with E-state index < -0.39 is 0 Å². The van der Waals surface area contributed by atoms with Crippen LogP contribution in [0.15, 0.2) is 66.9 Å². The molecule has 0 spiro atoms. The molecule has 0 bridgehead atoms. The number of amides is 1. The summed E-state index contributed by atoms with van der Waals surface area (Å²) in [7, 11) is 0. The SMILES string of the molecule is CCc1c(C(C)CC)cc(CCNC(=O)c2ncc(-c3ccccc3)[nH]2)nc1-c1ccc(F)cc1. The number of halogens is 1. The number of carbonyl (C=O) groups excluding carboxylic acids is 1. The zero-order chi connectivity index (χ0) is 24.8. The average Bonchev–Trinajstić information content (AvgIpc) is 3.39. The zero-order valence-electron chi connectivity index (χ0n) is 20.4. The maximum atomic E-state index is 13.5. The molecule has 0 saturated heterocycles. The van der Waals surface area contributed by atoms with E-state index in [1.165, 1.54) is 23.3 Å². The largest absolute Gasteiger partial charge is 0.349 e. The van der Waals surface area contributed by atoms with E-state index in [0.29, 0.717) is 18.9 Å². The number of nitrogens with one attached hydrogen (secondary N) is 2. The fourth-order valence-corrected chi connectivity index (χ4v) is 4.24. The molecule has 2 aromatic heterocycles. The summed E-state index contributed by atoms with van der Waals surface area (Å²) in [5.74, 6) is 0.143. The van der Waals surface area contributed by atoms with Gasteiger partial charge >= 0.3 is 0 Å². The summed E-state index contributed by atoms with van der Waals surface area (Å²) in [4.78, 5) is 24.9. The van der Waals surface area contributed by atoms with Gasteiger partial charge in [0, 0.05) is 24.2 Å². The normalized spacial score (nSPS) is 11.9. The van der Waals surface area contributed by atoms with Crippen LogP contribution in [-0.4, -0.2) is 27.4 Å². The summed E-state index contributed by atoms with van der Waals surface area (Å²) in [6.45, 7) is 6.95. The van der Waals surface area contributed by atoms with Crippen molar-refractivity contribution in [3.8, 4) is 22.5 Å². The second-order valence-electron chi connectivity index (χ2n) is 8.72. The van der Waals surface area contributed by atoms with Gasteiger partial charge in [-0.2, -0.15) is 0 Å². The van der Waals surface area contributed by atoms with E-state index in [9.17, 15) is 9.18 Å². The molecule has 4 aromatic rings. The lowest BCUT2D eigenvalue weighted by atomic mass is 9.89. The first-order valence-corrected chi connectivity index (χ1v) is 12.2. The van der Waals surface area contributed by atoms with Gasteiger partial charge in [-0.3, -0.25) is 9.78 Å². The molecular weight excluding hydrogens is 439 g/mol. The fraction of sp³-hybridized carbons (Fsp3) is 0.276. The number of carbonyl (C=O) groups is 1. The average molecular weight is 471 g/mol. The first-order chi connectivity index (χ1) is 17.0. The van der Waals surface area contributed by atoms with Crippen LogP contribution in [0.3, 0.4) is 0 Å². The van der Waals surface area contributed by atoms with Gasteiger partial charge in [-0.05, 0) is 65.8 Å². The maximum absolute atomic E-state index is 13.5. The number of rotatable bonds is 9. The zero-order valence-corrected chi connectivity index (χ0v) is 20.4. The molecule has 0 fully saturated rings. The van der Waals surface area contributed by atoms with E-state index in [4.69, 9.17) is 4.98 Å². The fourth-order valence-electron chi connectivity index (χ4n) is 4.24. The molecule has 1 amide bonds. The van der Waals surface area contributed by atoms with E-state index in [2.05, 4.69) is 42.1 Å². The van der Waals surface area contributed by atoms with Crippen LogP contribution in [0.25, 0.3) is 22.5 Å². The Morgan fingerprint density at radius 2 is 1.80 bits per heavy atom. The Morgan fingerprint density at radius 1 is 1.06 bits per heavy atom. The van der Waals surface area contributed by atoms with Crippen LogP contribution < -0.4 is 5.32 Å². The third-order valence-corrected chi connectivity index (χ3v) is 6.37. The predicted molar refractivity (Wildman–Crippen MR) is 138 cm³/mol. The summed E-state index contributed by atoms with van der Waals surface area (Å²) >= 11 is 0. The monoisotopic (exact) mass is 470 g/mol. The Labute approximate surface area is 205 Å². The molecule has 6 heteroatoms. The van der Waals surface area contributed by atoms with Crippen molar-refractivity contribution in [2.24, 2.45) is 0 Å². The molecule has 0 aliphatic heterocycles. The number of H-pyrrole nitrogens is 1. The van der Waals surface area contributed by atoms with Gasteiger partial charge < -0.3 is 10.3 Å². The second-order valence-corrected chi connectivity index (χ2v) is 8.72. The number of benzene rings is 2. The van der Waals surface area contributed by atoms with Crippen LogP contribution in [0.1, 0.15) is 60.5 Å². The molecule has 2 N–H and O–H groups in total. The highest BCUT2D eigenvalue weighted by Gasteiger charge is 2.17. The summed E-state index contributed by atoms with van der Waals surface area (Å²) in [5, 5.41) is 2.95. The van der Waals surface area contributed by atoms with Crippen LogP contribution in [0.2, 0.25) is 0 Å². The number of aromatic nitrogens is 3. The van der Waals surface area contributed by atoms with Crippen LogP contribution >= 0.6 is 0 Å². The standard InChI is InChI=1S/C29H31FN4O/c1-4-19(3)25-17-23(33-27(24(25)5-2)21-11-13-22(30)14-12-21)15-16-31-29(35)28-32-18-26(34-28)20-9-7-6-8-10-20/h6-14,17-19H,4-5,15-16H2,1-3H3,(H,31,35)(H,32,34). The number of aromatic amines is 1. The molecule has 35 heavy (non-hydrogen) atoms. The van der Waals surface area contributed by atoms with Gasteiger partial charge in [0.1, 0.15) is 5.82 Å². The van der Waals surface area contributed by atoms with E-state index in [1.54, 1.807) is 18.3 Å². The highest BCUT2D eigenvalue weighted by atomic mass is 19.1. The van der Waals surface area contributed by atoms with Crippen molar-refractivity contribution in [3.63, 3.8) is 0 Å². The molecule has 2 aromatic carbocycles. The first kappa shape index (κ1) is 24.3. The van der Waals surface area contributed by atoms with E-state index in [-0.39, 0.29) is 17.5 Å². The Balaban J connectivity index is 1.52. The summed E-state index contributed by atoms with van der Waals surface area (Å²) < 4.78 is 13.5. The minimum Gasteiger partial charge on any atom is -0.349 e. The molecule has 0 aliphatic carbocycles. The van der Waals surface area contributed by atoms with E-state index in [0.717, 1.165) is 41.1 Å². The number of hydrogen-bond donors (Lipinski definition) is 2. The Hall–Kier alpha value is -3.80. The van der Waals surface area contributed by atoms with Crippen molar-refractivity contribution in [1.29, 1.82) is 0 Å². The first-order valence-electron chi connectivity index (χ1n) is 12.2. The topological polar surface area (TPSA) is 70.7 Å². The maximum Gasteiger partial charge on any atom is 0.287 e. The van der Waals surface area contributed by atoms with Crippen molar-refractivity contribution in [1.82, 2.24) is 20.3 Å².